The monoisotopic (exact) mass is 372 g/mol. The Kier molecular flexibility index (Phi) is 8.15. The molecule has 0 aliphatic heterocycles. The summed E-state index contributed by atoms with van der Waals surface area (Å²) < 4.78 is 0. The van der Waals surface area contributed by atoms with Crippen molar-refractivity contribution in [2.75, 3.05) is 18.9 Å². The molecule has 0 radical (unpaired) electrons. The van der Waals surface area contributed by atoms with E-state index in [1.54, 1.807) is 18.4 Å². The Hall–Kier alpha value is -2.34. The van der Waals surface area contributed by atoms with Crippen molar-refractivity contribution in [1.82, 2.24) is 10.6 Å². The third kappa shape index (κ3) is 6.52. The summed E-state index contributed by atoms with van der Waals surface area (Å²) in [7, 11) is 1.77. The first kappa shape index (κ1) is 20.0. The molecule has 0 aliphatic carbocycles. The second-order valence-corrected chi connectivity index (χ2v) is 7.21. The maximum atomic E-state index is 12.0. The number of aliphatic imine (C=N–C) groups is 1. The summed E-state index contributed by atoms with van der Waals surface area (Å²) in [6, 6.07) is 12.1. The number of rotatable bonds is 8. The average Bonchev–Trinajstić information content (AvgIpc) is 3.17. The van der Waals surface area contributed by atoms with Gasteiger partial charge in [0.05, 0.1) is 0 Å². The van der Waals surface area contributed by atoms with Gasteiger partial charge in [-0.1, -0.05) is 32.0 Å². The molecule has 0 fully saturated rings. The number of nitrogens with zero attached hydrogens (tertiary/aromatic N) is 1. The fourth-order valence-electron chi connectivity index (χ4n) is 2.38. The summed E-state index contributed by atoms with van der Waals surface area (Å²) in [5.74, 6) is 0.849. The van der Waals surface area contributed by atoms with Crippen LogP contribution in [-0.2, 0) is 17.8 Å². The second kappa shape index (κ2) is 10.6. The van der Waals surface area contributed by atoms with Gasteiger partial charge in [-0.2, -0.15) is 0 Å². The maximum absolute atomic E-state index is 12.0. The topological polar surface area (TPSA) is 65.5 Å². The summed E-state index contributed by atoms with van der Waals surface area (Å²) >= 11 is 1.77. The van der Waals surface area contributed by atoms with Crippen molar-refractivity contribution in [3.8, 4) is 0 Å². The van der Waals surface area contributed by atoms with Gasteiger partial charge in [-0.15, -0.1) is 11.3 Å². The fraction of sp³-hybridized carbons (Fsp3) is 0.400. The maximum Gasteiger partial charge on any atom is 0.227 e. The zero-order chi connectivity index (χ0) is 18.8. The molecule has 1 aromatic carbocycles. The summed E-state index contributed by atoms with van der Waals surface area (Å²) in [4.78, 5) is 17.6. The normalized spacial score (nSPS) is 12.5. The Labute approximate surface area is 159 Å². The quantitative estimate of drug-likeness (QED) is 0.490. The van der Waals surface area contributed by atoms with Gasteiger partial charge in [0.15, 0.2) is 5.96 Å². The molecular weight excluding hydrogens is 344 g/mol. The minimum atomic E-state index is 0.0168. The SMILES string of the molecule is CCC(C)C(=O)Nc1cccc(CNC(=NC)NCCc2cccs2)c1. The summed E-state index contributed by atoms with van der Waals surface area (Å²) in [6.45, 7) is 5.44. The zero-order valence-corrected chi connectivity index (χ0v) is 16.5. The minimum Gasteiger partial charge on any atom is -0.356 e. The van der Waals surface area contributed by atoms with Gasteiger partial charge < -0.3 is 16.0 Å². The molecule has 0 saturated carbocycles. The second-order valence-electron chi connectivity index (χ2n) is 6.18. The van der Waals surface area contributed by atoms with E-state index in [1.807, 2.05) is 38.1 Å². The van der Waals surface area contributed by atoms with Crippen molar-refractivity contribution in [2.24, 2.45) is 10.9 Å². The lowest BCUT2D eigenvalue weighted by atomic mass is 10.1. The van der Waals surface area contributed by atoms with Gasteiger partial charge in [-0.3, -0.25) is 9.79 Å². The van der Waals surface area contributed by atoms with Crippen LogP contribution < -0.4 is 16.0 Å². The molecule has 1 heterocycles. The first-order valence-electron chi connectivity index (χ1n) is 8.99. The van der Waals surface area contributed by atoms with Crippen molar-refractivity contribution in [3.63, 3.8) is 0 Å². The van der Waals surface area contributed by atoms with E-state index in [4.69, 9.17) is 0 Å². The van der Waals surface area contributed by atoms with Gasteiger partial charge in [0.2, 0.25) is 5.91 Å². The molecule has 26 heavy (non-hydrogen) atoms. The summed E-state index contributed by atoms with van der Waals surface area (Å²) in [5.41, 5.74) is 1.92. The summed E-state index contributed by atoms with van der Waals surface area (Å²) in [5, 5.41) is 11.7. The molecule has 5 nitrogen and oxygen atoms in total. The largest absolute Gasteiger partial charge is 0.356 e. The van der Waals surface area contributed by atoms with Gasteiger partial charge in [0, 0.05) is 36.6 Å². The molecule has 1 atom stereocenters. The van der Waals surface area contributed by atoms with Crippen LogP contribution in [0.15, 0.2) is 46.8 Å². The molecule has 3 N–H and O–H groups in total. The average molecular weight is 373 g/mol. The van der Waals surface area contributed by atoms with Crippen molar-refractivity contribution >= 4 is 28.9 Å². The number of benzene rings is 1. The number of hydrogen-bond donors (Lipinski definition) is 3. The Balaban J connectivity index is 1.81. The van der Waals surface area contributed by atoms with Crippen LogP contribution in [0.4, 0.5) is 5.69 Å². The lowest BCUT2D eigenvalue weighted by molar-refractivity contribution is -0.119. The standard InChI is InChI=1S/C20H28N4OS/c1-4-15(2)19(25)24-17-8-5-7-16(13-17)14-23-20(21-3)22-11-10-18-9-6-12-26-18/h5-9,12-13,15H,4,10-11,14H2,1-3H3,(H,24,25)(H2,21,22,23). The summed E-state index contributed by atoms with van der Waals surface area (Å²) in [6.07, 6.45) is 1.82. The van der Waals surface area contributed by atoms with E-state index in [0.717, 1.165) is 36.6 Å². The number of thiophene rings is 1. The molecule has 2 rings (SSSR count). The molecule has 140 valence electrons. The third-order valence-corrected chi connectivity index (χ3v) is 5.12. The van der Waals surface area contributed by atoms with Gasteiger partial charge >= 0.3 is 0 Å². The number of anilines is 1. The minimum absolute atomic E-state index is 0.0168. The van der Waals surface area contributed by atoms with E-state index in [2.05, 4.69) is 38.5 Å². The highest BCUT2D eigenvalue weighted by atomic mass is 32.1. The smallest absolute Gasteiger partial charge is 0.227 e. The highest BCUT2D eigenvalue weighted by Crippen LogP contribution is 2.13. The van der Waals surface area contributed by atoms with Crippen molar-refractivity contribution in [3.05, 3.63) is 52.2 Å². The third-order valence-electron chi connectivity index (χ3n) is 4.18. The lowest BCUT2D eigenvalue weighted by Crippen LogP contribution is -2.37. The van der Waals surface area contributed by atoms with Crippen LogP contribution in [-0.4, -0.2) is 25.5 Å². The number of nitrogens with one attached hydrogen (secondary N) is 3. The zero-order valence-electron chi connectivity index (χ0n) is 15.7. The van der Waals surface area contributed by atoms with Crippen molar-refractivity contribution in [2.45, 2.75) is 33.2 Å². The molecule has 1 aromatic heterocycles. The van der Waals surface area contributed by atoms with Gasteiger partial charge in [-0.25, -0.2) is 0 Å². The van der Waals surface area contributed by atoms with E-state index >= 15 is 0 Å². The number of carbonyl (C=O) groups excluding carboxylic acids is 1. The molecule has 6 heteroatoms. The van der Waals surface area contributed by atoms with Crippen LogP contribution >= 0.6 is 11.3 Å². The van der Waals surface area contributed by atoms with Gasteiger partial charge in [0.1, 0.15) is 0 Å². The van der Waals surface area contributed by atoms with E-state index in [-0.39, 0.29) is 11.8 Å². The lowest BCUT2D eigenvalue weighted by Gasteiger charge is -2.13. The highest BCUT2D eigenvalue weighted by Gasteiger charge is 2.10. The van der Waals surface area contributed by atoms with E-state index in [1.165, 1.54) is 4.88 Å². The molecular formula is C20H28N4OS. The van der Waals surface area contributed by atoms with Crippen LogP contribution in [0.25, 0.3) is 0 Å². The van der Waals surface area contributed by atoms with Crippen molar-refractivity contribution in [1.29, 1.82) is 0 Å². The van der Waals surface area contributed by atoms with Crippen molar-refractivity contribution < 1.29 is 4.79 Å². The molecule has 1 unspecified atom stereocenters. The number of hydrogen-bond acceptors (Lipinski definition) is 3. The number of amides is 1. The molecule has 0 aliphatic rings. The molecule has 2 aromatic rings. The van der Waals surface area contributed by atoms with Crippen LogP contribution in [0, 0.1) is 5.92 Å². The molecule has 1 amide bonds. The molecule has 0 spiro atoms. The fourth-order valence-corrected chi connectivity index (χ4v) is 3.08. The highest BCUT2D eigenvalue weighted by molar-refractivity contribution is 7.09. The van der Waals surface area contributed by atoms with Gasteiger partial charge in [0.25, 0.3) is 0 Å². The van der Waals surface area contributed by atoms with E-state index < -0.39 is 0 Å². The Morgan fingerprint density at radius 3 is 2.77 bits per heavy atom. The van der Waals surface area contributed by atoms with Crippen LogP contribution in [0.2, 0.25) is 0 Å². The van der Waals surface area contributed by atoms with Crippen LogP contribution in [0.5, 0.6) is 0 Å². The first-order chi connectivity index (χ1) is 12.6. The van der Waals surface area contributed by atoms with Gasteiger partial charge in [-0.05, 0) is 42.0 Å². The predicted octanol–water partition coefficient (Wildman–Crippen LogP) is 3.64. The Morgan fingerprint density at radius 2 is 2.08 bits per heavy atom. The van der Waals surface area contributed by atoms with Crippen LogP contribution in [0.1, 0.15) is 30.7 Å². The molecule has 0 saturated heterocycles. The number of carbonyl (C=O) groups is 1. The van der Waals surface area contributed by atoms with E-state index in [0.29, 0.717) is 6.54 Å². The predicted molar refractivity (Wildman–Crippen MR) is 111 cm³/mol. The van der Waals surface area contributed by atoms with Crippen LogP contribution in [0.3, 0.4) is 0 Å². The number of guanidine groups is 1. The first-order valence-corrected chi connectivity index (χ1v) is 9.87. The molecule has 0 bridgehead atoms. The Bertz CT molecular complexity index is 712. The van der Waals surface area contributed by atoms with E-state index in [9.17, 15) is 4.79 Å². The Morgan fingerprint density at radius 1 is 1.23 bits per heavy atom.